The second-order valence-corrected chi connectivity index (χ2v) is 5.66. The van der Waals surface area contributed by atoms with Crippen molar-refractivity contribution < 1.29 is 14.6 Å². The number of benzene rings is 1. The minimum Gasteiger partial charge on any atom is -0.493 e. The third kappa shape index (κ3) is 5.16. The molecular weight excluding hydrogens is 280 g/mol. The molecule has 0 heterocycles. The molecular formula is C17H30N2O3. The molecule has 0 bridgehead atoms. The molecule has 5 heteroatoms. The van der Waals surface area contributed by atoms with Gasteiger partial charge in [0.05, 0.1) is 7.11 Å². The number of hydrogen-bond donors (Lipinski definition) is 2. The number of nitrogens with one attached hydrogen (secondary N) is 1. The minimum atomic E-state index is -0.727. The summed E-state index contributed by atoms with van der Waals surface area (Å²) >= 11 is 0. The van der Waals surface area contributed by atoms with Gasteiger partial charge in [0, 0.05) is 13.1 Å². The number of aliphatic hydroxyl groups excluding tert-OH is 1. The number of rotatable bonds is 9. The van der Waals surface area contributed by atoms with Crippen LogP contribution in [0.4, 0.5) is 0 Å². The van der Waals surface area contributed by atoms with E-state index < -0.39 is 6.23 Å². The lowest BCUT2D eigenvalue weighted by Gasteiger charge is -2.25. The lowest BCUT2D eigenvalue weighted by Crippen LogP contribution is -2.44. The van der Waals surface area contributed by atoms with E-state index in [2.05, 4.69) is 24.2 Å². The van der Waals surface area contributed by atoms with Crippen LogP contribution in [0, 0.1) is 13.8 Å². The Balaban J connectivity index is 2.64. The maximum absolute atomic E-state index is 10.2. The molecule has 2 N–H and O–H groups in total. The molecule has 0 spiro atoms. The van der Waals surface area contributed by atoms with Crippen LogP contribution < -0.4 is 14.8 Å². The predicted octanol–water partition coefficient (Wildman–Crippen LogP) is 1.94. The molecule has 0 amide bonds. The van der Waals surface area contributed by atoms with Gasteiger partial charge in [-0.15, -0.1) is 0 Å². The molecule has 22 heavy (non-hydrogen) atoms. The van der Waals surface area contributed by atoms with Crippen molar-refractivity contribution in [3.05, 3.63) is 23.3 Å². The molecule has 2 atom stereocenters. The SMILES string of the molecule is CCN(C)CCNC(O)C(C)Oc1c(OC)ccc(C)c1C. The topological polar surface area (TPSA) is 54.0 Å². The molecule has 1 aromatic rings. The lowest BCUT2D eigenvalue weighted by atomic mass is 10.1. The van der Waals surface area contributed by atoms with Gasteiger partial charge in [0.2, 0.25) is 0 Å². The van der Waals surface area contributed by atoms with Gasteiger partial charge in [-0.25, -0.2) is 0 Å². The van der Waals surface area contributed by atoms with Crippen LogP contribution in [0.25, 0.3) is 0 Å². The fraction of sp³-hybridized carbons (Fsp3) is 0.647. The Morgan fingerprint density at radius 1 is 1.32 bits per heavy atom. The van der Waals surface area contributed by atoms with E-state index in [1.807, 2.05) is 32.9 Å². The summed E-state index contributed by atoms with van der Waals surface area (Å²) in [6.45, 7) is 10.6. The van der Waals surface area contributed by atoms with Crippen molar-refractivity contribution in [1.29, 1.82) is 0 Å². The molecule has 1 rings (SSSR count). The van der Waals surface area contributed by atoms with Crippen molar-refractivity contribution >= 4 is 0 Å². The third-order valence-corrected chi connectivity index (χ3v) is 4.00. The molecule has 0 fully saturated rings. The van der Waals surface area contributed by atoms with E-state index in [1.54, 1.807) is 7.11 Å². The molecule has 0 radical (unpaired) electrons. The van der Waals surface area contributed by atoms with E-state index in [0.29, 0.717) is 18.0 Å². The third-order valence-electron chi connectivity index (χ3n) is 4.00. The molecule has 0 aliphatic rings. The highest BCUT2D eigenvalue weighted by Crippen LogP contribution is 2.33. The van der Waals surface area contributed by atoms with Gasteiger partial charge in [0.1, 0.15) is 12.3 Å². The number of aliphatic hydroxyl groups is 1. The van der Waals surface area contributed by atoms with Crippen molar-refractivity contribution in [2.24, 2.45) is 0 Å². The highest BCUT2D eigenvalue weighted by Gasteiger charge is 2.19. The molecule has 2 unspecified atom stereocenters. The fourth-order valence-electron chi connectivity index (χ4n) is 2.05. The summed E-state index contributed by atoms with van der Waals surface area (Å²) in [6, 6.07) is 3.89. The Morgan fingerprint density at radius 3 is 2.59 bits per heavy atom. The van der Waals surface area contributed by atoms with Crippen LogP contribution >= 0.6 is 0 Å². The molecule has 0 saturated carbocycles. The summed E-state index contributed by atoms with van der Waals surface area (Å²) in [7, 11) is 3.67. The number of hydrogen-bond acceptors (Lipinski definition) is 5. The minimum absolute atomic E-state index is 0.374. The lowest BCUT2D eigenvalue weighted by molar-refractivity contribution is 0.0214. The van der Waals surface area contributed by atoms with Crippen molar-refractivity contribution in [3.8, 4) is 11.5 Å². The van der Waals surface area contributed by atoms with Crippen LogP contribution in [0.1, 0.15) is 25.0 Å². The number of nitrogens with zero attached hydrogens (tertiary/aromatic N) is 1. The van der Waals surface area contributed by atoms with Crippen molar-refractivity contribution in [2.45, 2.75) is 40.0 Å². The molecule has 5 nitrogen and oxygen atoms in total. The van der Waals surface area contributed by atoms with Crippen molar-refractivity contribution in [3.63, 3.8) is 0 Å². The Kier molecular flexibility index (Phi) is 7.65. The molecule has 0 aromatic heterocycles. The van der Waals surface area contributed by atoms with Gasteiger partial charge in [0.25, 0.3) is 0 Å². The fourth-order valence-corrected chi connectivity index (χ4v) is 2.05. The van der Waals surface area contributed by atoms with Gasteiger partial charge in [-0.3, -0.25) is 5.32 Å². The average molecular weight is 310 g/mol. The summed E-state index contributed by atoms with van der Waals surface area (Å²) in [4.78, 5) is 2.18. The first-order valence-corrected chi connectivity index (χ1v) is 7.81. The van der Waals surface area contributed by atoms with Crippen LogP contribution in [-0.2, 0) is 0 Å². The van der Waals surface area contributed by atoms with Gasteiger partial charge in [-0.05, 0) is 51.6 Å². The summed E-state index contributed by atoms with van der Waals surface area (Å²) in [5.74, 6) is 1.38. The van der Waals surface area contributed by atoms with Crippen molar-refractivity contribution in [1.82, 2.24) is 10.2 Å². The molecule has 0 saturated heterocycles. The zero-order chi connectivity index (χ0) is 16.7. The number of likely N-dealkylation sites (N-methyl/N-ethyl adjacent to an activating group) is 1. The quantitative estimate of drug-likeness (QED) is 0.683. The predicted molar refractivity (Wildman–Crippen MR) is 89.7 cm³/mol. The largest absolute Gasteiger partial charge is 0.493 e. The van der Waals surface area contributed by atoms with E-state index in [1.165, 1.54) is 0 Å². The van der Waals surface area contributed by atoms with Crippen LogP contribution in [-0.4, -0.2) is 56.1 Å². The van der Waals surface area contributed by atoms with Gasteiger partial charge >= 0.3 is 0 Å². The highest BCUT2D eigenvalue weighted by molar-refractivity contribution is 5.49. The molecule has 126 valence electrons. The second kappa shape index (κ2) is 8.98. The Bertz CT molecular complexity index is 465. The smallest absolute Gasteiger partial charge is 0.164 e. The van der Waals surface area contributed by atoms with Gasteiger partial charge in [-0.2, -0.15) is 0 Å². The first kappa shape index (κ1) is 18.7. The Labute approximate surface area is 134 Å². The summed E-state index contributed by atoms with van der Waals surface area (Å²) < 4.78 is 11.3. The van der Waals surface area contributed by atoms with E-state index in [4.69, 9.17) is 9.47 Å². The summed E-state index contributed by atoms with van der Waals surface area (Å²) in [5, 5.41) is 13.3. The zero-order valence-corrected chi connectivity index (χ0v) is 14.6. The average Bonchev–Trinajstić information content (AvgIpc) is 2.51. The molecule has 1 aromatic carbocycles. The summed E-state index contributed by atoms with van der Waals surface area (Å²) in [6.07, 6.45) is -1.10. The second-order valence-electron chi connectivity index (χ2n) is 5.66. The first-order chi connectivity index (χ1) is 10.4. The zero-order valence-electron chi connectivity index (χ0n) is 14.6. The van der Waals surface area contributed by atoms with E-state index in [0.717, 1.165) is 24.2 Å². The van der Waals surface area contributed by atoms with E-state index >= 15 is 0 Å². The van der Waals surface area contributed by atoms with Gasteiger partial charge < -0.3 is 19.5 Å². The van der Waals surface area contributed by atoms with Crippen molar-refractivity contribution in [2.75, 3.05) is 33.8 Å². The Hall–Kier alpha value is -1.30. The van der Waals surface area contributed by atoms with Gasteiger partial charge in [0.15, 0.2) is 11.5 Å². The normalized spacial score (nSPS) is 14.0. The highest BCUT2D eigenvalue weighted by atomic mass is 16.5. The number of ether oxygens (including phenoxy) is 2. The van der Waals surface area contributed by atoms with Crippen LogP contribution in [0.15, 0.2) is 12.1 Å². The van der Waals surface area contributed by atoms with Crippen LogP contribution in [0.3, 0.4) is 0 Å². The number of aryl methyl sites for hydroxylation is 1. The van der Waals surface area contributed by atoms with Crippen LogP contribution in [0.5, 0.6) is 11.5 Å². The first-order valence-electron chi connectivity index (χ1n) is 7.81. The summed E-state index contributed by atoms with van der Waals surface area (Å²) in [5.41, 5.74) is 2.17. The molecule has 0 aliphatic carbocycles. The molecule has 0 aliphatic heterocycles. The standard InChI is InChI=1S/C17H30N2O3/c1-7-19(5)11-10-18-17(20)14(4)22-16-13(3)12(2)8-9-15(16)21-6/h8-9,14,17-18,20H,7,10-11H2,1-6H3. The van der Waals surface area contributed by atoms with E-state index in [-0.39, 0.29) is 6.10 Å². The number of methoxy groups -OCH3 is 1. The maximum Gasteiger partial charge on any atom is 0.164 e. The van der Waals surface area contributed by atoms with Gasteiger partial charge in [-0.1, -0.05) is 13.0 Å². The van der Waals surface area contributed by atoms with Crippen LogP contribution in [0.2, 0.25) is 0 Å². The monoisotopic (exact) mass is 310 g/mol. The Morgan fingerprint density at radius 2 is 2.00 bits per heavy atom. The van der Waals surface area contributed by atoms with E-state index in [9.17, 15) is 5.11 Å². The maximum atomic E-state index is 10.2.